The molecule has 0 aliphatic heterocycles. The van der Waals surface area contributed by atoms with Crippen LogP contribution in [0.15, 0.2) is 18.2 Å². The van der Waals surface area contributed by atoms with Crippen molar-refractivity contribution in [3.8, 4) is 0 Å². The highest BCUT2D eigenvalue weighted by atomic mass is 35.5. The summed E-state index contributed by atoms with van der Waals surface area (Å²) in [4.78, 5) is 12.9. The van der Waals surface area contributed by atoms with E-state index in [2.05, 4.69) is 0 Å². The lowest BCUT2D eigenvalue weighted by atomic mass is 10.0. The van der Waals surface area contributed by atoms with Gasteiger partial charge in [-0.2, -0.15) is 0 Å². The van der Waals surface area contributed by atoms with Crippen LogP contribution in [-0.2, 0) is 0 Å². The fourth-order valence-electron chi connectivity index (χ4n) is 2.66. The van der Waals surface area contributed by atoms with E-state index >= 15 is 0 Å². The Bertz CT molecular complexity index is 441. The van der Waals surface area contributed by atoms with Crippen LogP contribution in [0.3, 0.4) is 0 Å². The molecule has 0 saturated heterocycles. The minimum Gasteiger partial charge on any atom is -0.388 e. The van der Waals surface area contributed by atoms with Gasteiger partial charge in [0.1, 0.15) is 0 Å². The predicted octanol–water partition coefficient (Wildman–Crippen LogP) is 2.89. The van der Waals surface area contributed by atoms with Gasteiger partial charge in [-0.15, -0.1) is 0 Å². The zero-order valence-corrected chi connectivity index (χ0v) is 11.3. The van der Waals surface area contributed by atoms with Crippen LogP contribution in [0.5, 0.6) is 0 Å². The molecule has 1 fully saturated rings. The van der Waals surface area contributed by atoms with Gasteiger partial charge in [0, 0.05) is 29.9 Å². The molecular weight excluding hydrogens is 250 g/mol. The normalized spacial score (nSPS) is 17.7. The monoisotopic (exact) mass is 267 g/mol. The number of aldehydes is 1. The Labute approximate surface area is 112 Å². The van der Waals surface area contributed by atoms with E-state index in [1.165, 1.54) is 0 Å². The van der Waals surface area contributed by atoms with Gasteiger partial charge in [0.2, 0.25) is 0 Å². The van der Waals surface area contributed by atoms with Gasteiger partial charge in [0.25, 0.3) is 0 Å². The largest absolute Gasteiger partial charge is 0.388 e. The molecule has 3 nitrogen and oxygen atoms in total. The Morgan fingerprint density at radius 1 is 1.44 bits per heavy atom. The summed E-state index contributed by atoms with van der Waals surface area (Å²) in [7, 11) is 1.88. The van der Waals surface area contributed by atoms with E-state index in [0.717, 1.165) is 37.7 Å². The fourth-order valence-corrected chi connectivity index (χ4v) is 2.83. The topological polar surface area (TPSA) is 40.5 Å². The number of carbonyl (C=O) groups excluding carboxylic acids is 1. The number of halogens is 1. The molecule has 1 aliphatic carbocycles. The van der Waals surface area contributed by atoms with E-state index in [1.807, 2.05) is 11.9 Å². The quantitative estimate of drug-likeness (QED) is 0.853. The second-order valence-corrected chi connectivity index (χ2v) is 5.54. The number of hydrogen-bond acceptors (Lipinski definition) is 3. The lowest BCUT2D eigenvalue weighted by Gasteiger charge is -2.30. The molecule has 0 heterocycles. The van der Waals surface area contributed by atoms with Crippen LogP contribution in [0.25, 0.3) is 0 Å². The molecule has 0 radical (unpaired) electrons. The number of anilines is 1. The molecule has 1 N–H and O–H groups in total. The second-order valence-electron chi connectivity index (χ2n) is 5.11. The fraction of sp³-hybridized carbons (Fsp3) is 0.500. The average molecular weight is 268 g/mol. The summed E-state index contributed by atoms with van der Waals surface area (Å²) < 4.78 is 0. The number of aliphatic hydroxyl groups is 1. The second kappa shape index (κ2) is 5.29. The Morgan fingerprint density at radius 2 is 2.11 bits per heavy atom. The number of benzene rings is 1. The average Bonchev–Trinajstić information content (AvgIpc) is 2.75. The van der Waals surface area contributed by atoms with Crippen LogP contribution in [-0.4, -0.2) is 30.6 Å². The van der Waals surface area contributed by atoms with Crippen LogP contribution in [0.2, 0.25) is 5.02 Å². The van der Waals surface area contributed by atoms with Gasteiger partial charge in [-0.05, 0) is 31.0 Å². The molecule has 0 amide bonds. The molecule has 2 rings (SSSR count). The lowest BCUT2D eigenvalue weighted by Crippen LogP contribution is -2.39. The molecule has 1 aromatic carbocycles. The molecule has 98 valence electrons. The highest BCUT2D eigenvalue weighted by Gasteiger charge is 2.32. The van der Waals surface area contributed by atoms with E-state index in [1.54, 1.807) is 18.2 Å². The van der Waals surface area contributed by atoms with Gasteiger partial charge in [0.15, 0.2) is 6.29 Å². The number of likely N-dealkylation sites (N-methyl/N-ethyl adjacent to an activating group) is 1. The van der Waals surface area contributed by atoms with Crippen LogP contribution >= 0.6 is 11.6 Å². The summed E-state index contributed by atoms with van der Waals surface area (Å²) in [6, 6.07) is 5.18. The molecule has 0 unspecified atom stereocenters. The minimum absolute atomic E-state index is 0.536. The van der Waals surface area contributed by atoms with Gasteiger partial charge in [-0.25, -0.2) is 0 Å². The maximum Gasteiger partial charge on any atom is 0.152 e. The van der Waals surface area contributed by atoms with E-state index in [9.17, 15) is 9.90 Å². The molecular formula is C14H18ClNO2. The summed E-state index contributed by atoms with van der Waals surface area (Å²) in [5, 5.41) is 11.0. The van der Waals surface area contributed by atoms with E-state index in [-0.39, 0.29) is 0 Å². The number of carbonyl (C=O) groups is 1. The molecule has 1 saturated carbocycles. The Hall–Kier alpha value is -1.06. The van der Waals surface area contributed by atoms with Gasteiger partial charge in [0.05, 0.1) is 5.60 Å². The summed E-state index contributed by atoms with van der Waals surface area (Å²) in [5.74, 6) is 0. The standard InChI is InChI=1S/C14H18ClNO2/c1-16(10-14(18)6-2-3-7-14)13-8-12(15)5-4-11(13)9-17/h4-5,8-9,18H,2-3,6-7,10H2,1H3. The third-order valence-electron chi connectivity index (χ3n) is 3.60. The first-order valence-electron chi connectivity index (χ1n) is 6.22. The number of hydrogen-bond donors (Lipinski definition) is 1. The molecule has 1 aromatic rings. The Balaban J connectivity index is 2.19. The zero-order chi connectivity index (χ0) is 13.2. The molecule has 4 heteroatoms. The highest BCUT2D eigenvalue weighted by Crippen LogP contribution is 2.32. The highest BCUT2D eigenvalue weighted by molar-refractivity contribution is 6.31. The van der Waals surface area contributed by atoms with Crippen molar-refractivity contribution in [1.82, 2.24) is 0 Å². The van der Waals surface area contributed by atoms with E-state index in [4.69, 9.17) is 11.6 Å². The summed E-state index contributed by atoms with van der Waals surface area (Å²) in [5.41, 5.74) is 0.748. The van der Waals surface area contributed by atoms with Gasteiger partial charge in [-0.3, -0.25) is 4.79 Å². The summed E-state index contributed by atoms with van der Waals surface area (Å²) in [6.07, 6.45) is 4.62. The first kappa shape index (κ1) is 13.4. The lowest BCUT2D eigenvalue weighted by molar-refractivity contribution is 0.0559. The van der Waals surface area contributed by atoms with Crippen molar-refractivity contribution in [2.45, 2.75) is 31.3 Å². The van der Waals surface area contributed by atoms with Crippen molar-refractivity contribution in [3.05, 3.63) is 28.8 Å². The molecule has 0 bridgehead atoms. The first-order chi connectivity index (χ1) is 8.54. The van der Waals surface area contributed by atoms with Gasteiger partial charge < -0.3 is 10.0 Å². The summed E-state index contributed by atoms with van der Waals surface area (Å²) in [6.45, 7) is 0.536. The van der Waals surface area contributed by atoms with Crippen molar-refractivity contribution < 1.29 is 9.90 Å². The van der Waals surface area contributed by atoms with Crippen molar-refractivity contribution in [2.24, 2.45) is 0 Å². The predicted molar refractivity (Wildman–Crippen MR) is 73.5 cm³/mol. The molecule has 1 aliphatic rings. The van der Waals surface area contributed by atoms with Gasteiger partial charge >= 0.3 is 0 Å². The van der Waals surface area contributed by atoms with Gasteiger partial charge in [-0.1, -0.05) is 24.4 Å². The van der Waals surface area contributed by atoms with Crippen molar-refractivity contribution >= 4 is 23.6 Å². The third-order valence-corrected chi connectivity index (χ3v) is 3.83. The minimum atomic E-state index is -0.628. The molecule has 18 heavy (non-hydrogen) atoms. The van der Waals surface area contributed by atoms with Crippen molar-refractivity contribution in [3.63, 3.8) is 0 Å². The number of rotatable bonds is 4. The maximum absolute atomic E-state index is 11.0. The Kier molecular flexibility index (Phi) is 3.93. The van der Waals surface area contributed by atoms with E-state index < -0.39 is 5.60 Å². The van der Waals surface area contributed by atoms with Crippen molar-refractivity contribution in [2.75, 3.05) is 18.5 Å². The molecule has 0 atom stereocenters. The van der Waals surface area contributed by atoms with Crippen LogP contribution in [0.1, 0.15) is 36.0 Å². The first-order valence-corrected chi connectivity index (χ1v) is 6.60. The van der Waals surface area contributed by atoms with Crippen LogP contribution < -0.4 is 4.90 Å². The van der Waals surface area contributed by atoms with Crippen LogP contribution in [0.4, 0.5) is 5.69 Å². The number of nitrogens with zero attached hydrogens (tertiary/aromatic N) is 1. The van der Waals surface area contributed by atoms with Crippen molar-refractivity contribution in [1.29, 1.82) is 0 Å². The molecule has 0 aromatic heterocycles. The zero-order valence-electron chi connectivity index (χ0n) is 10.5. The SMILES string of the molecule is CN(CC1(O)CCCC1)c1cc(Cl)ccc1C=O. The summed E-state index contributed by atoms with van der Waals surface area (Å²) >= 11 is 5.96. The maximum atomic E-state index is 11.0. The van der Waals surface area contributed by atoms with Crippen LogP contribution in [0, 0.1) is 0 Å². The smallest absolute Gasteiger partial charge is 0.152 e. The Morgan fingerprint density at radius 3 is 2.72 bits per heavy atom. The third kappa shape index (κ3) is 2.85. The molecule has 0 spiro atoms. The van der Waals surface area contributed by atoms with E-state index in [0.29, 0.717) is 17.1 Å².